The number of hydrogen-bond acceptors (Lipinski definition) is 6. The molecule has 3 heterocycles. The summed E-state index contributed by atoms with van der Waals surface area (Å²) in [5, 5.41) is 15.6. The molecule has 120 valence electrons. The monoisotopic (exact) mass is 332 g/mol. The van der Waals surface area contributed by atoms with Crippen LogP contribution in [0.25, 0.3) is 10.7 Å². The zero-order chi connectivity index (χ0) is 16.4. The number of nitrogens with zero attached hydrogens (tertiary/aromatic N) is 4. The number of amides is 2. The second kappa shape index (κ2) is 6.21. The number of nitrogens with one attached hydrogen (secondary N) is 2. The van der Waals surface area contributed by atoms with Crippen LogP contribution in [0.3, 0.4) is 0 Å². The highest BCUT2D eigenvalue weighted by atomic mass is 32.1. The van der Waals surface area contributed by atoms with Gasteiger partial charge in [0.1, 0.15) is 6.54 Å². The number of H-pyrrole nitrogens is 1. The van der Waals surface area contributed by atoms with Gasteiger partial charge in [0.2, 0.25) is 11.7 Å². The first-order chi connectivity index (χ1) is 11.0. The number of aromatic amines is 1. The van der Waals surface area contributed by atoms with Gasteiger partial charge in [-0.15, -0.1) is 11.3 Å². The standard InChI is InChI=1S/C14H16N6O2S/c1-8-12(9(2)18-17-8)16-14(21)20(3)7-11-15-13(19-22-11)10-5-4-6-23-10/h4-6H,7H2,1-3H3,(H,16,21)(H,17,18). The molecule has 23 heavy (non-hydrogen) atoms. The van der Waals surface area contributed by atoms with Gasteiger partial charge in [0.25, 0.3) is 0 Å². The number of aryl methyl sites for hydroxylation is 2. The van der Waals surface area contributed by atoms with Crippen LogP contribution in [0.15, 0.2) is 22.0 Å². The van der Waals surface area contributed by atoms with Crippen LogP contribution in [0.1, 0.15) is 17.3 Å². The van der Waals surface area contributed by atoms with Gasteiger partial charge in [0, 0.05) is 7.05 Å². The molecule has 3 aromatic heterocycles. The second-order valence-electron chi connectivity index (χ2n) is 5.08. The van der Waals surface area contributed by atoms with Crippen LogP contribution in [0, 0.1) is 13.8 Å². The molecule has 0 spiro atoms. The molecule has 8 nitrogen and oxygen atoms in total. The van der Waals surface area contributed by atoms with E-state index in [0.717, 1.165) is 16.3 Å². The highest BCUT2D eigenvalue weighted by Gasteiger charge is 2.17. The third-order valence-corrected chi connectivity index (χ3v) is 4.15. The van der Waals surface area contributed by atoms with Gasteiger partial charge in [-0.05, 0) is 25.3 Å². The zero-order valence-electron chi connectivity index (χ0n) is 13.0. The van der Waals surface area contributed by atoms with E-state index in [0.29, 0.717) is 17.4 Å². The molecule has 0 saturated carbocycles. The smallest absolute Gasteiger partial charge is 0.322 e. The van der Waals surface area contributed by atoms with Crippen molar-refractivity contribution in [1.82, 2.24) is 25.2 Å². The molecule has 3 rings (SSSR count). The molecule has 0 unspecified atom stereocenters. The van der Waals surface area contributed by atoms with Crippen LogP contribution in [0.2, 0.25) is 0 Å². The summed E-state index contributed by atoms with van der Waals surface area (Å²) in [5.41, 5.74) is 2.23. The van der Waals surface area contributed by atoms with Crippen LogP contribution in [0.5, 0.6) is 0 Å². The lowest BCUT2D eigenvalue weighted by Crippen LogP contribution is -2.31. The van der Waals surface area contributed by atoms with Gasteiger partial charge in [-0.25, -0.2) is 4.79 Å². The van der Waals surface area contributed by atoms with E-state index >= 15 is 0 Å². The van der Waals surface area contributed by atoms with Gasteiger partial charge < -0.3 is 14.7 Å². The molecule has 0 fully saturated rings. The van der Waals surface area contributed by atoms with Crippen LogP contribution >= 0.6 is 11.3 Å². The van der Waals surface area contributed by atoms with Crippen molar-refractivity contribution >= 4 is 23.1 Å². The van der Waals surface area contributed by atoms with Crippen LogP contribution in [-0.2, 0) is 6.54 Å². The van der Waals surface area contributed by atoms with E-state index in [2.05, 4.69) is 25.7 Å². The van der Waals surface area contributed by atoms with Crippen LogP contribution in [0.4, 0.5) is 10.5 Å². The molecule has 3 aromatic rings. The Kier molecular flexibility index (Phi) is 4.11. The van der Waals surface area contributed by atoms with Gasteiger partial charge in [-0.2, -0.15) is 10.1 Å². The molecule has 0 radical (unpaired) electrons. The van der Waals surface area contributed by atoms with Crippen molar-refractivity contribution in [3.05, 3.63) is 34.8 Å². The van der Waals surface area contributed by atoms with Gasteiger partial charge in [-0.1, -0.05) is 11.2 Å². The van der Waals surface area contributed by atoms with Crippen molar-refractivity contribution in [1.29, 1.82) is 0 Å². The van der Waals surface area contributed by atoms with Crippen molar-refractivity contribution in [3.63, 3.8) is 0 Å². The van der Waals surface area contributed by atoms with Gasteiger partial charge >= 0.3 is 6.03 Å². The predicted octanol–water partition coefficient (Wildman–Crippen LogP) is 2.80. The molecular formula is C14H16N6O2S. The van der Waals surface area contributed by atoms with E-state index in [4.69, 9.17) is 4.52 Å². The first kappa shape index (κ1) is 15.2. The molecule has 0 aliphatic carbocycles. The van der Waals surface area contributed by atoms with E-state index in [1.54, 1.807) is 7.05 Å². The first-order valence-corrected chi connectivity index (χ1v) is 7.82. The van der Waals surface area contributed by atoms with Gasteiger partial charge in [-0.3, -0.25) is 5.10 Å². The Morgan fingerprint density at radius 2 is 2.30 bits per heavy atom. The average Bonchev–Trinajstić information content (AvgIpc) is 3.24. The topological polar surface area (TPSA) is 99.9 Å². The molecule has 0 aromatic carbocycles. The fraction of sp³-hybridized carbons (Fsp3) is 0.286. The van der Waals surface area contributed by atoms with Crippen LogP contribution in [-0.4, -0.2) is 38.3 Å². The van der Waals surface area contributed by atoms with E-state index in [-0.39, 0.29) is 12.6 Å². The SMILES string of the molecule is Cc1n[nH]c(C)c1NC(=O)N(C)Cc1nc(-c2cccs2)no1. The number of anilines is 1. The summed E-state index contributed by atoms with van der Waals surface area (Å²) in [7, 11) is 1.66. The second-order valence-corrected chi connectivity index (χ2v) is 6.03. The maximum absolute atomic E-state index is 12.2. The molecule has 2 N–H and O–H groups in total. The Bertz CT molecular complexity index is 788. The fourth-order valence-electron chi connectivity index (χ4n) is 2.04. The molecule has 9 heteroatoms. The summed E-state index contributed by atoms with van der Waals surface area (Å²) in [6.07, 6.45) is 0. The minimum atomic E-state index is -0.270. The predicted molar refractivity (Wildman–Crippen MR) is 86.2 cm³/mol. The Morgan fingerprint density at radius 1 is 1.48 bits per heavy atom. The van der Waals surface area contributed by atoms with Crippen molar-refractivity contribution in [2.24, 2.45) is 0 Å². The maximum atomic E-state index is 12.2. The van der Waals surface area contributed by atoms with Crippen molar-refractivity contribution in [2.45, 2.75) is 20.4 Å². The van der Waals surface area contributed by atoms with Gasteiger partial charge in [0.15, 0.2) is 0 Å². The molecule has 0 bridgehead atoms. The number of thiophene rings is 1. The highest BCUT2D eigenvalue weighted by molar-refractivity contribution is 7.13. The molecule has 2 amide bonds. The lowest BCUT2D eigenvalue weighted by atomic mass is 10.3. The summed E-state index contributed by atoms with van der Waals surface area (Å²) in [6.45, 7) is 3.89. The number of carbonyl (C=O) groups is 1. The number of urea groups is 1. The lowest BCUT2D eigenvalue weighted by Gasteiger charge is -2.15. The maximum Gasteiger partial charge on any atom is 0.322 e. The average molecular weight is 332 g/mol. The zero-order valence-corrected chi connectivity index (χ0v) is 13.8. The summed E-state index contributed by atoms with van der Waals surface area (Å²) < 4.78 is 5.20. The quantitative estimate of drug-likeness (QED) is 0.765. The van der Waals surface area contributed by atoms with Crippen molar-refractivity contribution in [3.8, 4) is 10.7 Å². The van der Waals surface area contributed by atoms with E-state index in [1.165, 1.54) is 16.2 Å². The lowest BCUT2D eigenvalue weighted by molar-refractivity contribution is 0.213. The number of rotatable bonds is 4. The fourth-order valence-corrected chi connectivity index (χ4v) is 2.69. The summed E-state index contributed by atoms with van der Waals surface area (Å²) in [6, 6.07) is 3.57. The molecule has 0 saturated heterocycles. The number of carbonyl (C=O) groups excluding carboxylic acids is 1. The Balaban J connectivity index is 1.65. The summed E-state index contributed by atoms with van der Waals surface area (Å²) in [5.74, 6) is 0.914. The first-order valence-electron chi connectivity index (χ1n) is 6.94. The third-order valence-electron chi connectivity index (χ3n) is 3.29. The minimum Gasteiger partial charge on any atom is -0.337 e. The summed E-state index contributed by atoms with van der Waals surface area (Å²) >= 11 is 1.53. The van der Waals surface area contributed by atoms with Crippen LogP contribution < -0.4 is 5.32 Å². The van der Waals surface area contributed by atoms with Crippen molar-refractivity contribution in [2.75, 3.05) is 12.4 Å². The number of hydrogen-bond donors (Lipinski definition) is 2. The third kappa shape index (κ3) is 3.24. The largest absolute Gasteiger partial charge is 0.337 e. The molecule has 0 aliphatic rings. The highest BCUT2D eigenvalue weighted by Crippen LogP contribution is 2.21. The Morgan fingerprint density at radius 3 is 2.96 bits per heavy atom. The molecule has 0 atom stereocenters. The Hall–Kier alpha value is -2.68. The van der Waals surface area contributed by atoms with E-state index < -0.39 is 0 Å². The molecule has 0 aliphatic heterocycles. The van der Waals surface area contributed by atoms with E-state index in [9.17, 15) is 4.79 Å². The van der Waals surface area contributed by atoms with E-state index in [1.807, 2.05) is 31.4 Å². The van der Waals surface area contributed by atoms with Crippen molar-refractivity contribution < 1.29 is 9.32 Å². The summed E-state index contributed by atoms with van der Waals surface area (Å²) in [4.78, 5) is 18.9. The Labute approximate surface area is 136 Å². The molecular weight excluding hydrogens is 316 g/mol. The normalized spacial score (nSPS) is 10.7. The van der Waals surface area contributed by atoms with Gasteiger partial charge in [0.05, 0.1) is 22.0 Å². The number of aromatic nitrogens is 4. The minimum absolute atomic E-state index is 0.222.